The Balaban J connectivity index is 2.30. The van der Waals surface area contributed by atoms with Gasteiger partial charge in [0.05, 0.1) is 35.0 Å². The van der Waals surface area contributed by atoms with Gasteiger partial charge in [0, 0.05) is 34.7 Å². The highest BCUT2D eigenvalue weighted by atomic mass is 79.9. The summed E-state index contributed by atoms with van der Waals surface area (Å²) >= 11 is 3.48. The number of hydrogen-bond acceptors (Lipinski definition) is 6. The molecule has 0 saturated carbocycles. The normalized spacial score (nSPS) is 11.7. The SMILES string of the molecule is COc1cccc(-c2cccc(C(OC)OCCCCBr)c2-c2cccc(OC)c2OC)c1OC. The van der Waals surface area contributed by atoms with Crippen molar-refractivity contribution in [3.8, 4) is 45.3 Å². The van der Waals surface area contributed by atoms with Crippen LogP contribution in [-0.2, 0) is 9.47 Å². The van der Waals surface area contributed by atoms with Crippen molar-refractivity contribution in [3.05, 3.63) is 60.2 Å². The average Bonchev–Trinajstić information content (AvgIpc) is 2.91. The molecule has 0 amide bonds. The standard InChI is InChI=1S/C28H33BrO6/c1-30-23-15-9-12-20(26(23)32-3)19-11-8-14-22(28(34-5)35-18-7-6-17-29)25(19)21-13-10-16-24(31-2)27(21)33-4/h8-16,28H,6-7,17-18H2,1-5H3. The molecule has 0 bridgehead atoms. The summed E-state index contributed by atoms with van der Waals surface area (Å²) in [5, 5.41) is 0.936. The largest absolute Gasteiger partial charge is 0.493 e. The summed E-state index contributed by atoms with van der Waals surface area (Å²) < 4.78 is 34.8. The van der Waals surface area contributed by atoms with Crippen molar-refractivity contribution in [2.75, 3.05) is 47.5 Å². The van der Waals surface area contributed by atoms with Crippen molar-refractivity contribution in [1.29, 1.82) is 0 Å². The fourth-order valence-electron chi connectivity index (χ4n) is 4.15. The summed E-state index contributed by atoms with van der Waals surface area (Å²) in [7, 11) is 8.19. The Kier molecular flexibility index (Phi) is 10.3. The Bertz CT molecular complexity index is 1100. The van der Waals surface area contributed by atoms with E-state index in [4.69, 9.17) is 28.4 Å². The van der Waals surface area contributed by atoms with E-state index in [1.165, 1.54) is 0 Å². The summed E-state index contributed by atoms with van der Waals surface area (Å²) in [5.74, 6) is 2.55. The molecule has 7 heteroatoms. The first-order valence-corrected chi connectivity index (χ1v) is 12.5. The predicted molar refractivity (Wildman–Crippen MR) is 142 cm³/mol. The number of hydrogen-bond donors (Lipinski definition) is 0. The third-order valence-corrected chi connectivity index (χ3v) is 6.29. The minimum atomic E-state index is -0.576. The number of unbranched alkanes of at least 4 members (excludes halogenated alkanes) is 1. The Hall–Kier alpha value is -2.74. The zero-order valence-corrected chi connectivity index (χ0v) is 22.5. The molecule has 0 aliphatic carbocycles. The van der Waals surface area contributed by atoms with E-state index in [9.17, 15) is 0 Å². The predicted octanol–water partition coefficient (Wildman–Crippen LogP) is 6.89. The Labute approximate surface area is 216 Å². The van der Waals surface area contributed by atoms with Gasteiger partial charge in [-0.15, -0.1) is 0 Å². The van der Waals surface area contributed by atoms with Crippen LogP contribution in [0.5, 0.6) is 23.0 Å². The topological polar surface area (TPSA) is 55.4 Å². The van der Waals surface area contributed by atoms with Gasteiger partial charge < -0.3 is 28.4 Å². The molecule has 0 radical (unpaired) electrons. The van der Waals surface area contributed by atoms with E-state index in [0.29, 0.717) is 29.6 Å². The first kappa shape index (κ1) is 26.9. The van der Waals surface area contributed by atoms with Crippen LogP contribution in [0, 0.1) is 0 Å². The number of methoxy groups -OCH3 is 5. The lowest BCUT2D eigenvalue weighted by molar-refractivity contribution is -0.128. The molecule has 188 valence electrons. The van der Waals surface area contributed by atoms with Crippen molar-refractivity contribution < 1.29 is 28.4 Å². The van der Waals surface area contributed by atoms with E-state index >= 15 is 0 Å². The maximum atomic E-state index is 6.19. The fourth-order valence-corrected chi connectivity index (χ4v) is 4.54. The van der Waals surface area contributed by atoms with Crippen LogP contribution in [0.1, 0.15) is 24.7 Å². The molecule has 0 aliphatic rings. The molecular weight excluding hydrogens is 512 g/mol. The Morgan fingerprint density at radius 3 is 1.80 bits per heavy atom. The number of ether oxygens (including phenoxy) is 6. The molecule has 0 N–H and O–H groups in total. The van der Waals surface area contributed by atoms with E-state index in [1.807, 2.05) is 54.6 Å². The molecule has 6 nitrogen and oxygen atoms in total. The minimum absolute atomic E-state index is 0.575. The lowest BCUT2D eigenvalue weighted by Gasteiger charge is -2.24. The maximum Gasteiger partial charge on any atom is 0.184 e. The summed E-state index contributed by atoms with van der Waals surface area (Å²) in [4.78, 5) is 0. The van der Waals surface area contributed by atoms with Gasteiger partial charge in [0.15, 0.2) is 29.3 Å². The third-order valence-electron chi connectivity index (χ3n) is 5.73. The molecule has 0 heterocycles. The number of halogens is 1. The van der Waals surface area contributed by atoms with Crippen molar-refractivity contribution in [2.45, 2.75) is 19.1 Å². The van der Waals surface area contributed by atoms with Gasteiger partial charge >= 0.3 is 0 Å². The zero-order valence-electron chi connectivity index (χ0n) is 20.9. The van der Waals surface area contributed by atoms with E-state index in [1.54, 1.807) is 35.5 Å². The Morgan fingerprint density at radius 1 is 0.657 bits per heavy atom. The van der Waals surface area contributed by atoms with Crippen LogP contribution in [0.4, 0.5) is 0 Å². The second-order valence-corrected chi connectivity index (χ2v) is 8.48. The van der Waals surface area contributed by atoms with Crippen molar-refractivity contribution in [1.82, 2.24) is 0 Å². The number of rotatable bonds is 13. The van der Waals surface area contributed by atoms with E-state index in [2.05, 4.69) is 15.9 Å². The van der Waals surface area contributed by atoms with Crippen LogP contribution >= 0.6 is 15.9 Å². The van der Waals surface area contributed by atoms with E-state index in [0.717, 1.165) is 46.0 Å². The first-order chi connectivity index (χ1) is 17.1. The Morgan fingerprint density at radius 2 is 1.23 bits per heavy atom. The van der Waals surface area contributed by atoms with E-state index in [-0.39, 0.29) is 0 Å². The molecule has 35 heavy (non-hydrogen) atoms. The van der Waals surface area contributed by atoms with Crippen LogP contribution in [0.25, 0.3) is 22.3 Å². The van der Waals surface area contributed by atoms with Crippen LogP contribution in [0.2, 0.25) is 0 Å². The number of benzene rings is 3. The quantitative estimate of drug-likeness (QED) is 0.132. The van der Waals surface area contributed by atoms with Gasteiger partial charge in [-0.1, -0.05) is 58.4 Å². The van der Waals surface area contributed by atoms with Gasteiger partial charge in [0.25, 0.3) is 0 Å². The number of alkyl halides is 1. The molecule has 0 spiro atoms. The fraction of sp³-hybridized carbons (Fsp3) is 0.357. The minimum Gasteiger partial charge on any atom is -0.493 e. The molecule has 0 aliphatic heterocycles. The van der Waals surface area contributed by atoms with Crippen molar-refractivity contribution in [3.63, 3.8) is 0 Å². The summed E-state index contributed by atoms with van der Waals surface area (Å²) in [6.07, 6.45) is 1.37. The van der Waals surface area contributed by atoms with Gasteiger partial charge in [-0.2, -0.15) is 0 Å². The lowest BCUT2D eigenvalue weighted by atomic mass is 9.89. The highest BCUT2D eigenvalue weighted by Gasteiger charge is 2.25. The third kappa shape index (κ3) is 5.92. The maximum absolute atomic E-state index is 6.19. The lowest BCUT2D eigenvalue weighted by Crippen LogP contribution is -2.10. The van der Waals surface area contributed by atoms with Gasteiger partial charge in [-0.05, 0) is 30.5 Å². The molecule has 1 atom stereocenters. The van der Waals surface area contributed by atoms with Gasteiger partial charge in [-0.25, -0.2) is 0 Å². The molecule has 0 saturated heterocycles. The van der Waals surface area contributed by atoms with Crippen molar-refractivity contribution in [2.24, 2.45) is 0 Å². The monoisotopic (exact) mass is 544 g/mol. The highest BCUT2D eigenvalue weighted by molar-refractivity contribution is 9.09. The molecule has 1 unspecified atom stereocenters. The second kappa shape index (κ2) is 13.4. The summed E-state index contributed by atoms with van der Waals surface area (Å²) in [6, 6.07) is 17.7. The molecule has 3 rings (SSSR count). The summed E-state index contributed by atoms with van der Waals surface area (Å²) in [5.41, 5.74) is 4.44. The van der Waals surface area contributed by atoms with Crippen LogP contribution < -0.4 is 18.9 Å². The molecule has 0 fully saturated rings. The average molecular weight is 545 g/mol. The molecule has 0 aromatic heterocycles. The zero-order chi connectivity index (χ0) is 25.2. The van der Waals surface area contributed by atoms with Gasteiger partial charge in [0.2, 0.25) is 0 Å². The highest BCUT2D eigenvalue weighted by Crippen LogP contribution is 2.48. The van der Waals surface area contributed by atoms with Crippen LogP contribution in [0.3, 0.4) is 0 Å². The molecule has 3 aromatic carbocycles. The second-order valence-electron chi connectivity index (χ2n) is 7.69. The molecule has 3 aromatic rings. The summed E-state index contributed by atoms with van der Waals surface area (Å²) in [6.45, 7) is 0.575. The first-order valence-electron chi connectivity index (χ1n) is 11.4. The van der Waals surface area contributed by atoms with Gasteiger partial charge in [-0.3, -0.25) is 0 Å². The van der Waals surface area contributed by atoms with Crippen molar-refractivity contribution >= 4 is 15.9 Å². The van der Waals surface area contributed by atoms with Gasteiger partial charge in [0.1, 0.15) is 0 Å². The van der Waals surface area contributed by atoms with E-state index < -0.39 is 6.29 Å². The van der Waals surface area contributed by atoms with Crippen LogP contribution in [-0.4, -0.2) is 47.5 Å². The number of para-hydroxylation sites is 2. The molecular formula is C28H33BrO6. The smallest absolute Gasteiger partial charge is 0.184 e. The van der Waals surface area contributed by atoms with Crippen LogP contribution in [0.15, 0.2) is 54.6 Å².